The average Bonchev–Trinajstić information content (AvgIpc) is 2.79. The minimum absolute atomic E-state index is 0.237. The molecule has 162 valence electrons. The van der Waals surface area contributed by atoms with Gasteiger partial charge in [-0.2, -0.15) is 0 Å². The second-order valence-electron chi connectivity index (χ2n) is 7.31. The third-order valence-electron chi connectivity index (χ3n) is 5.04. The predicted molar refractivity (Wildman–Crippen MR) is 126 cm³/mol. The van der Waals surface area contributed by atoms with Crippen molar-refractivity contribution in [3.8, 4) is 23.0 Å². The minimum atomic E-state index is 0.237. The zero-order chi connectivity index (χ0) is 22.2. The lowest BCUT2D eigenvalue weighted by Crippen LogP contribution is -2.02. The summed E-state index contributed by atoms with van der Waals surface area (Å²) in [6, 6.07) is 21.0. The van der Waals surface area contributed by atoms with Crippen molar-refractivity contribution in [2.45, 2.75) is 33.6 Å². The summed E-state index contributed by atoms with van der Waals surface area (Å²) in [5.41, 5.74) is 4.02. The number of hydrogen-bond acceptors (Lipinski definition) is 4. The van der Waals surface area contributed by atoms with E-state index in [0.717, 1.165) is 58.1 Å². The quantitative estimate of drug-likeness (QED) is 0.305. The Morgan fingerprint density at radius 2 is 1.48 bits per heavy atom. The number of phenols is 1. The van der Waals surface area contributed by atoms with Crippen LogP contribution >= 0.6 is 0 Å². The van der Waals surface area contributed by atoms with Crippen LogP contribution in [-0.4, -0.2) is 18.8 Å². The van der Waals surface area contributed by atoms with Crippen LogP contribution in [0.15, 0.2) is 66.7 Å². The molecule has 3 aromatic rings. The van der Waals surface area contributed by atoms with Gasteiger partial charge in [-0.1, -0.05) is 26.0 Å². The maximum atomic E-state index is 9.90. The van der Waals surface area contributed by atoms with Gasteiger partial charge >= 0.3 is 0 Å². The molecular formula is C27H30O4. The van der Waals surface area contributed by atoms with Crippen molar-refractivity contribution >= 4 is 11.3 Å². The van der Waals surface area contributed by atoms with Gasteiger partial charge in [0.25, 0.3) is 0 Å². The van der Waals surface area contributed by atoms with Crippen LogP contribution < -0.4 is 14.2 Å². The first kappa shape index (κ1) is 22.3. The van der Waals surface area contributed by atoms with Crippen molar-refractivity contribution in [2.75, 3.05) is 13.7 Å². The van der Waals surface area contributed by atoms with E-state index in [-0.39, 0.29) is 5.75 Å². The number of rotatable bonds is 9. The standard InChI is InChI=1S/C27H30O4/c1-5-17-30-23-12-14-24(15-13-23)31-27(26-16-9-21(28)18-19(26)3)25(6-2)20-7-10-22(29-4)11-8-20/h7-16,18,28H,5-6,17H2,1-4H3/b27-25-. The summed E-state index contributed by atoms with van der Waals surface area (Å²) < 4.78 is 17.4. The molecule has 0 aliphatic heterocycles. The van der Waals surface area contributed by atoms with Crippen LogP contribution in [0.3, 0.4) is 0 Å². The Labute approximate surface area is 184 Å². The molecular weight excluding hydrogens is 388 g/mol. The first-order valence-corrected chi connectivity index (χ1v) is 10.6. The Bertz CT molecular complexity index is 1020. The predicted octanol–water partition coefficient (Wildman–Crippen LogP) is 6.86. The van der Waals surface area contributed by atoms with Crippen LogP contribution in [0.5, 0.6) is 23.0 Å². The Morgan fingerprint density at radius 1 is 0.839 bits per heavy atom. The van der Waals surface area contributed by atoms with E-state index in [4.69, 9.17) is 14.2 Å². The highest BCUT2D eigenvalue weighted by Gasteiger charge is 2.16. The molecule has 0 bridgehead atoms. The van der Waals surface area contributed by atoms with Crippen LogP contribution in [0.2, 0.25) is 0 Å². The summed E-state index contributed by atoms with van der Waals surface area (Å²) in [7, 11) is 1.66. The molecule has 0 atom stereocenters. The highest BCUT2D eigenvalue weighted by molar-refractivity contribution is 5.89. The number of aryl methyl sites for hydroxylation is 1. The number of phenolic OH excluding ortho intramolecular Hbond substituents is 1. The van der Waals surface area contributed by atoms with Crippen molar-refractivity contribution in [3.05, 3.63) is 83.4 Å². The molecule has 0 aliphatic rings. The lowest BCUT2D eigenvalue weighted by atomic mass is 9.96. The molecule has 4 heteroatoms. The molecule has 4 nitrogen and oxygen atoms in total. The second kappa shape index (κ2) is 10.6. The normalized spacial score (nSPS) is 11.6. The van der Waals surface area contributed by atoms with E-state index in [1.807, 2.05) is 61.5 Å². The van der Waals surface area contributed by atoms with E-state index < -0.39 is 0 Å². The van der Waals surface area contributed by atoms with E-state index in [1.54, 1.807) is 19.2 Å². The van der Waals surface area contributed by atoms with E-state index >= 15 is 0 Å². The van der Waals surface area contributed by atoms with Gasteiger partial charge in [0.2, 0.25) is 0 Å². The van der Waals surface area contributed by atoms with Crippen LogP contribution in [0.1, 0.15) is 43.4 Å². The molecule has 0 fully saturated rings. The zero-order valence-corrected chi connectivity index (χ0v) is 18.6. The lowest BCUT2D eigenvalue weighted by molar-refractivity contribution is 0.317. The summed E-state index contributed by atoms with van der Waals surface area (Å²) in [5, 5.41) is 9.90. The number of aromatic hydroxyl groups is 1. The fourth-order valence-corrected chi connectivity index (χ4v) is 3.41. The molecule has 0 aromatic heterocycles. The van der Waals surface area contributed by atoms with E-state index in [9.17, 15) is 5.11 Å². The Hall–Kier alpha value is -3.40. The number of benzene rings is 3. The van der Waals surface area contributed by atoms with E-state index in [1.165, 1.54) is 0 Å². The molecule has 0 unspecified atom stereocenters. The zero-order valence-electron chi connectivity index (χ0n) is 18.6. The molecule has 0 spiro atoms. The number of methoxy groups -OCH3 is 1. The summed E-state index contributed by atoms with van der Waals surface area (Å²) in [5.74, 6) is 3.37. The summed E-state index contributed by atoms with van der Waals surface area (Å²) in [6.45, 7) is 6.86. The van der Waals surface area contributed by atoms with Crippen molar-refractivity contribution in [2.24, 2.45) is 0 Å². The van der Waals surface area contributed by atoms with Crippen molar-refractivity contribution < 1.29 is 19.3 Å². The molecule has 0 saturated heterocycles. The first-order valence-electron chi connectivity index (χ1n) is 10.6. The minimum Gasteiger partial charge on any atom is -0.508 e. The van der Waals surface area contributed by atoms with Gasteiger partial charge in [-0.15, -0.1) is 0 Å². The van der Waals surface area contributed by atoms with Gasteiger partial charge in [0, 0.05) is 11.1 Å². The van der Waals surface area contributed by atoms with Crippen LogP contribution in [0, 0.1) is 6.92 Å². The molecule has 0 aliphatic carbocycles. The summed E-state index contributed by atoms with van der Waals surface area (Å²) in [6.07, 6.45) is 1.74. The molecule has 31 heavy (non-hydrogen) atoms. The Kier molecular flexibility index (Phi) is 7.60. The summed E-state index contributed by atoms with van der Waals surface area (Å²) >= 11 is 0. The van der Waals surface area contributed by atoms with Crippen molar-refractivity contribution in [1.29, 1.82) is 0 Å². The lowest BCUT2D eigenvalue weighted by Gasteiger charge is -2.19. The fourth-order valence-electron chi connectivity index (χ4n) is 3.41. The SMILES string of the molecule is CCCOc1ccc(O/C(=C(/CC)c2ccc(OC)cc2)c2ccc(O)cc2C)cc1. The van der Waals surface area contributed by atoms with Gasteiger partial charge in [-0.25, -0.2) is 0 Å². The molecule has 0 radical (unpaired) electrons. The molecule has 0 heterocycles. The van der Waals surface area contributed by atoms with E-state index in [0.29, 0.717) is 6.61 Å². The summed E-state index contributed by atoms with van der Waals surface area (Å²) in [4.78, 5) is 0. The molecule has 3 aromatic carbocycles. The fraction of sp³-hybridized carbons (Fsp3) is 0.259. The van der Waals surface area contributed by atoms with Crippen LogP contribution in [-0.2, 0) is 0 Å². The van der Waals surface area contributed by atoms with E-state index in [2.05, 4.69) is 13.8 Å². The van der Waals surface area contributed by atoms with Crippen molar-refractivity contribution in [1.82, 2.24) is 0 Å². The monoisotopic (exact) mass is 418 g/mol. The van der Waals surface area contributed by atoms with Gasteiger partial charge in [-0.05, 0) is 85.5 Å². The molecule has 0 amide bonds. The average molecular weight is 419 g/mol. The first-order chi connectivity index (χ1) is 15.0. The maximum absolute atomic E-state index is 9.90. The van der Waals surface area contributed by atoms with Gasteiger partial charge < -0.3 is 19.3 Å². The van der Waals surface area contributed by atoms with Crippen LogP contribution in [0.4, 0.5) is 0 Å². The van der Waals surface area contributed by atoms with Gasteiger partial charge in [0.05, 0.1) is 13.7 Å². The maximum Gasteiger partial charge on any atom is 0.138 e. The highest BCUT2D eigenvalue weighted by atomic mass is 16.5. The number of ether oxygens (including phenoxy) is 3. The topological polar surface area (TPSA) is 47.9 Å². The molecule has 0 saturated carbocycles. The third-order valence-corrected chi connectivity index (χ3v) is 5.04. The largest absolute Gasteiger partial charge is 0.508 e. The smallest absolute Gasteiger partial charge is 0.138 e. The Balaban J connectivity index is 2.06. The van der Waals surface area contributed by atoms with Crippen molar-refractivity contribution in [3.63, 3.8) is 0 Å². The van der Waals surface area contributed by atoms with Crippen LogP contribution in [0.25, 0.3) is 11.3 Å². The highest BCUT2D eigenvalue weighted by Crippen LogP contribution is 2.35. The second-order valence-corrected chi connectivity index (χ2v) is 7.31. The van der Waals surface area contributed by atoms with Gasteiger partial charge in [-0.3, -0.25) is 0 Å². The van der Waals surface area contributed by atoms with Gasteiger partial charge in [0.15, 0.2) is 0 Å². The molecule has 3 rings (SSSR count). The molecule has 1 N–H and O–H groups in total. The number of allylic oxidation sites excluding steroid dienone is 1. The third kappa shape index (κ3) is 5.60. The number of hydrogen-bond donors (Lipinski definition) is 1. The van der Waals surface area contributed by atoms with Gasteiger partial charge in [0.1, 0.15) is 28.8 Å². The Morgan fingerprint density at radius 3 is 2.06 bits per heavy atom.